The van der Waals surface area contributed by atoms with E-state index in [1.807, 2.05) is 30.3 Å². The first-order valence-corrected chi connectivity index (χ1v) is 8.39. The fourth-order valence-electron chi connectivity index (χ4n) is 2.18. The average molecular weight is 374 g/mol. The lowest BCUT2D eigenvalue weighted by Crippen LogP contribution is -2.35. The van der Waals surface area contributed by atoms with Crippen molar-refractivity contribution < 1.29 is 14.3 Å². The van der Waals surface area contributed by atoms with Crippen molar-refractivity contribution in [1.82, 2.24) is 15.1 Å². The highest BCUT2D eigenvalue weighted by Crippen LogP contribution is 2.24. The van der Waals surface area contributed by atoms with Gasteiger partial charge in [-0.3, -0.25) is 4.79 Å². The quantitative estimate of drug-likeness (QED) is 0.460. The van der Waals surface area contributed by atoms with Crippen LogP contribution in [-0.4, -0.2) is 34.3 Å². The van der Waals surface area contributed by atoms with E-state index in [2.05, 4.69) is 17.0 Å². The number of nitrogens with zero attached hydrogens (tertiary/aromatic N) is 2. The van der Waals surface area contributed by atoms with Gasteiger partial charge < -0.3 is 10.1 Å². The van der Waals surface area contributed by atoms with E-state index in [0.717, 1.165) is 5.69 Å². The van der Waals surface area contributed by atoms with Gasteiger partial charge in [0.15, 0.2) is 6.10 Å². The van der Waals surface area contributed by atoms with Crippen molar-refractivity contribution in [3.8, 4) is 5.69 Å². The number of carbonyl (C=O) groups is 2. The van der Waals surface area contributed by atoms with E-state index in [9.17, 15) is 9.59 Å². The number of hydrogen-bond donors (Lipinski definition) is 1. The zero-order chi connectivity index (χ0) is 19.1. The van der Waals surface area contributed by atoms with Crippen LogP contribution in [0.25, 0.3) is 11.8 Å². The predicted molar refractivity (Wildman–Crippen MR) is 101 cm³/mol. The second-order valence-corrected chi connectivity index (χ2v) is 5.84. The summed E-state index contributed by atoms with van der Waals surface area (Å²) in [5, 5.41) is 7.33. The molecule has 1 amide bonds. The Labute approximate surface area is 157 Å². The van der Waals surface area contributed by atoms with Crippen molar-refractivity contribution in [2.24, 2.45) is 0 Å². The smallest absolute Gasteiger partial charge is 0.331 e. The van der Waals surface area contributed by atoms with Crippen molar-refractivity contribution in [3.63, 3.8) is 0 Å². The third-order valence-corrected chi connectivity index (χ3v) is 3.88. The van der Waals surface area contributed by atoms with Gasteiger partial charge in [0.05, 0.1) is 11.4 Å². The molecule has 7 heteroatoms. The summed E-state index contributed by atoms with van der Waals surface area (Å²) in [6.45, 7) is 7.10. The molecule has 1 heterocycles. The Morgan fingerprint density at radius 1 is 1.38 bits per heavy atom. The highest BCUT2D eigenvalue weighted by Gasteiger charge is 2.16. The summed E-state index contributed by atoms with van der Waals surface area (Å²) in [4.78, 5) is 23.6. The Morgan fingerprint density at radius 2 is 2.08 bits per heavy atom. The van der Waals surface area contributed by atoms with E-state index in [1.54, 1.807) is 17.7 Å². The monoisotopic (exact) mass is 373 g/mol. The summed E-state index contributed by atoms with van der Waals surface area (Å²) in [7, 11) is 0. The SMILES string of the molecule is C=CCNC(=O)[C@H](C)OC(=O)/C=C/c1c(C)nn(-c2ccccc2)c1Cl. The topological polar surface area (TPSA) is 73.2 Å². The molecule has 0 spiro atoms. The number of benzene rings is 1. The molecule has 1 aromatic heterocycles. The van der Waals surface area contributed by atoms with Crippen molar-refractivity contribution in [1.29, 1.82) is 0 Å². The van der Waals surface area contributed by atoms with Crippen molar-refractivity contribution in [2.75, 3.05) is 6.54 Å². The first-order chi connectivity index (χ1) is 12.4. The van der Waals surface area contributed by atoms with E-state index in [4.69, 9.17) is 16.3 Å². The molecule has 0 aliphatic carbocycles. The number of nitrogens with one attached hydrogen (secondary N) is 1. The lowest BCUT2D eigenvalue weighted by Gasteiger charge is -2.10. The molecule has 2 rings (SSSR count). The van der Waals surface area contributed by atoms with Gasteiger partial charge >= 0.3 is 5.97 Å². The maximum atomic E-state index is 11.9. The molecule has 0 aliphatic rings. The highest BCUT2D eigenvalue weighted by molar-refractivity contribution is 6.31. The number of para-hydroxylation sites is 1. The van der Waals surface area contributed by atoms with Crippen LogP contribution in [0.3, 0.4) is 0 Å². The van der Waals surface area contributed by atoms with Crippen LogP contribution >= 0.6 is 11.6 Å². The number of carbonyl (C=O) groups excluding carboxylic acids is 2. The molecular weight excluding hydrogens is 354 g/mol. The summed E-state index contributed by atoms with van der Waals surface area (Å²) in [6.07, 6.45) is 3.39. The number of aromatic nitrogens is 2. The van der Waals surface area contributed by atoms with Crippen LogP contribution in [0.1, 0.15) is 18.2 Å². The average Bonchev–Trinajstić information content (AvgIpc) is 2.92. The van der Waals surface area contributed by atoms with E-state index in [-0.39, 0.29) is 0 Å². The molecule has 0 fully saturated rings. The van der Waals surface area contributed by atoms with Crippen molar-refractivity contribution >= 4 is 29.6 Å². The van der Waals surface area contributed by atoms with Crippen LogP contribution in [-0.2, 0) is 14.3 Å². The fourth-order valence-corrected chi connectivity index (χ4v) is 2.51. The molecule has 136 valence electrons. The summed E-state index contributed by atoms with van der Waals surface area (Å²) in [6, 6.07) is 9.42. The van der Waals surface area contributed by atoms with Gasteiger partial charge in [-0.1, -0.05) is 35.9 Å². The maximum Gasteiger partial charge on any atom is 0.331 e. The summed E-state index contributed by atoms with van der Waals surface area (Å²) in [5.74, 6) is -1.04. The lowest BCUT2D eigenvalue weighted by molar-refractivity contribution is -0.150. The van der Waals surface area contributed by atoms with Crippen molar-refractivity contribution in [3.05, 3.63) is 65.5 Å². The van der Waals surface area contributed by atoms with Crippen LogP contribution < -0.4 is 5.32 Å². The fraction of sp³-hybridized carbons (Fsp3) is 0.211. The number of hydrogen-bond acceptors (Lipinski definition) is 4. The Bertz CT molecular complexity index is 828. The minimum atomic E-state index is -0.907. The first-order valence-electron chi connectivity index (χ1n) is 8.02. The van der Waals surface area contributed by atoms with Crippen LogP contribution in [0, 0.1) is 6.92 Å². The van der Waals surface area contributed by atoms with Crippen LogP contribution in [0.5, 0.6) is 0 Å². The van der Waals surface area contributed by atoms with Gasteiger partial charge in [0, 0.05) is 18.2 Å². The molecule has 0 radical (unpaired) electrons. The second kappa shape index (κ2) is 9.01. The molecule has 0 saturated carbocycles. The van der Waals surface area contributed by atoms with Gasteiger partial charge in [0.25, 0.3) is 5.91 Å². The molecule has 1 aromatic carbocycles. The zero-order valence-electron chi connectivity index (χ0n) is 14.6. The molecule has 1 N–H and O–H groups in total. The van der Waals surface area contributed by atoms with Gasteiger partial charge in [0.2, 0.25) is 0 Å². The Morgan fingerprint density at radius 3 is 2.73 bits per heavy atom. The highest BCUT2D eigenvalue weighted by atomic mass is 35.5. The number of amides is 1. The van der Waals surface area contributed by atoms with Crippen LogP contribution in [0.4, 0.5) is 0 Å². The number of aryl methyl sites for hydroxylation is 1. The Hall–Kier alpha value is -2.86. The third kappa shape index (κ3) is 4.83. The lowest BCUT2D eigenvalue weighted by atomic mass is 10.2. The summed E-state index contributed by atoms with van der Waals surface area (Å²) >= 11 is 6.38. The van der Waals surface area contributed by atoms with Crippen LogP contribution in [0.15, 0.2) is 49.1 Å². The zero-order valence-corrected chi connectivity index (χ0v) is 15.4. The standard InChI is InChI=1S/C19H20ClN3O3/c1-4-12-21-19(25)14(3)26-17(24)11-10-16-13(2)22-23(18(16)20)15-8-6-5-7-9-15/h4-11,14H,1,12H2,2-3H3,(H,21,25)/b11-10+/t14-/m0/s1. The minimum Gasteiger partial charge on any atom is -0.449 e. The van der Waals surface area contributed by atoms with Gasteiger partial charge in [-0.05, 0) is 32.1 Å². The molecule has 0 unspecified atom stereocenters. The van der Waals surface area contributed by atoms with Gasteiger partial charge in [-0.25, -0.2) is 9.48 Å². The molecular formula is C19H20ClN3O3. The van der Waals surface area contributed by atoms with Gasteiger partial charge in [-0.15, -0.1) is 6.58 Å². The molecule has 0 saturated heterocycles. The van der Waals surface area contributed by atoms with E-state index in [0.29, 0.717) is 23.0 Å². The van der Waals surface area contributed by atoms with E-state index >= 15 is 0 Å². The minimum absolute atomic E-state index is 0.310. The number of rotatable bonds is 7. The number of halogens is 1. The molecule has 26 heavy (non-hydrogen) atoms. The Balaban J connectivity index is 2.08. The van der Waals surface area contributed by atoms with Gasteiger partial charge in [-0.2, -0.15) is 5.10 Å². The van der Waals surface area contributed by atoms with Crippen molar-refractivity contribution in [2.45, 2.75) is 20.0 Å². The number of esters is 1. The number of ether oxygens (including phenoxy) is 1. The molecule has 0 bridgehead atoms. The van der Waals surface area contributed by atoms with Gasteiger partial charge in [0.1, 0.15) is 5.15 Å². The summed E-state index contributed by atoms with van der Waals surface area (Å²) in [5.41, 5.74) is 2.09. The third-order valence-electron chi connectivity index (χ3n) is 3.52. The predicted octanol–water partition coefficient (Wildman–Crippen LogP) is 3.08. The van der Waals surface area contributed by atoms with Crippen LogP contribution in [0.2, 0.25) is 5.15 Å². The molecule has 1 atom stereocenters. The second-order valence-electron chi connectivity index (χ2n) is 5.48. The largest absolute Gasteiger partial charge is 0.449 e. The Kier molecular flexibility index (Phi) is 6.74. The maximum absolute atomic E-state index is 11.9. The normalized spacial score (nSPS) is 12.0. The first kappa shape index (κ1) is 19.5. The van der Waals surface area contributed by atoms with E-state index < -0.39 is 18.0 Å². The molecule has 2 aromatic rings. The van der Waals surface area contributed by atoms with E-state index in [1.165, 1.54) is 19.1 Å². The molecule has 0 aliphatic heterocycles. The summed E-state index contributed by atoms with van der Waals surface area (Å²) < 4.78 is 6.65. The molecule has 6 nitrogen and oxygen atoms in total.